The molecule has 3 heteroatoms. The minimum Gasteiger partial charge on any atom is -0.483 e. The van der Waals surface area contributed by atoms with E-state index in [1.54, 1.807) is 0 Å². The van der Waals surface area contributed by atoms with E-state index in [-0.39, 0.29) is 12.2 Å². The SMILES string of the molecule is c1ccc([C@H](Oc2ccccc2C2CCCC2)C2CNCCO2)cc1. The lowest BCUT2D eigenvalue weighted by Gasteiger charge is -2.32. The molecule has 25 heavy (non-hydrogen) atoms. The standard InChI is InChI=1S/C22H27NO2/c1-2-10-18(11-3-1)22(21-16-23-14-15-24-21)25-20-13-7-6-12-19(20)17-8-4-5-9-17/h1-3,6-7,10-13,17,21-23H,4-5,8-9,14-16H2/t21?,22-/m0/s1. The van der Waals surface area contributed by atoms with Crippen LogP contribution in [0.5, 0.6) is 5.75 Å². The Morgan fingerprint density at radius 1 is 0.960 bits per heavy atom. The number of hydrogen-bond acceptors (Lipinski definition) is 3. The highest BCUT2D eigenvalue weighted by molar-refractivity contribution is 5.37. The fourth-order valence-corrected chi connectivity index (χ4v) is 4.08. The van der Waals surface area contributed by atoms with Crippen molar-refractivity contribution in [1.29, 1.82) is 0 Å². The molecule has 2 aromatic rings. The topological polar surface area (TPSA) is 30.5 Å². The van der Waals surface area contributed by atoms with E-state index in [4.69, 9.17) is 9.47 Å². The maximum Gasteiger partial charge on any atom is 0.151 e. The van der Waals surface area contributed by atoms with Crippen molar-refractivity contribution in [1.82, 2.24) is 5.32 Å². The van der Waals surface area contributed by atoms with Crippen LogP contribution >= 0.6 is 0 Å². The second kappa shape index (κ2) is 8.03. The second-order valence-corrected chi connectivity index (χ2v) is 7.08. The highest BCUT2D eigenvalue weighted by atomic mass is 16.5. The Morgan fingerprint density at radius 2 is 1.72 bits per heavy atom. The van der Waals surface area contributed by atoms with E-state index in [0.29, 0.717) is 5.92 Å². The molecule has 3 nitrogen and oxygen atoms in total. The summed E-state index contributed by atoms with van der Waals surface area (Å²) in [5.74, 6) is 1.66. The molecule has 2 aromatic carbocycles. The van der Waals surface area contributed by atoms with Crippen LogP contribution in [0.4, 0.5) is 0 Å². The summed E-state index contributed by atoms with van der Waals surface area (Å²) in [5.41, 5.74) is 2.54. The molecule has 2 fully saturated rings. The van der Waals surface area contributed by atoms with Gasteiger partial charge in [0.05, 0.1) is 6.61 Å². The Labute approximate surface area is 150 Å². The summed E-state index contributed by atoms with van der Waals surface area (Å²) in [6, 6.07) is 19.1. The molecular formula is C22H27NO2. The average molecular weight is 337 g/mol. The first-order valence-electron chi connectivity index (χ1n) is 9.54. The molecule has 2 atom stereocenters. The van der Waals surface area contributed by atoms with Crippen LogP contribution in [-0.4, -0.2) is 25.8 Å². The first-order chi connectivity index (χ1) is 12.4. The Morgan fingerprint density at radius 3 is 2.48 bits per heavy atom. The zero-order valence-electron chi connectivity index (χ0n) is 14.7. The smallest absolute Gasteiger partial charge is 0.151 e. The van der Waals surface area contributed by atoms with Gasteiger partial charge in [-0.1, -0.05) is 61.4 Å². The Balaban J connectivity index is 1.62. The Hall–Kier alpha value is -1.84. The Kier molecular flexibility index (Phi) is 5.34. The number of rotatable bonds is 5. The lowest BCUT2D eigenvalue weighted by Crippen LogP contribution is -2.43. The Bertz CT molecular complexity index is 661. The van der Waals surface area contributed by atoms with Crippen LogP contribution in [-0.2, 0) is 4.74 Å². The quantitative estimate of drug-likeness (QED) is 0.874. The zero-order valence-corrected chi connectivity index (χ0v) is 14.7. The molecule has 2 aliphatic rings. The van der Waals surface area contributed by atoms with Gasteiger partial charge in [0.1, 0.15) is 11.9 Å². The maximum absolute atomic E-state index is 6.62. The van der Waals surface area contributed by atoms with Gasteiger partial charge in [0, 0.05) is 13.1 Å². The van der Waals surface area contributed by atoms with E-state index in [2.05, 4.69) is 53.8 Å². The molecule has 1 aliphatic carbocycles. The third-order valence-electron chi connectivity index (χ3n) is 5.39. The number of hydrogen-bond donors (Lipinski definition) is 1. The molecule has 0 aromatic heterocycles. The minimum absolute atomic E-state index is 0.0350. The summed E-state index contributed by atoms with van der Waals surface area (Å²) in [6.45, 7) is 2.48. The molecule has 1 heterocycles. The molecule has 0 radical (unpaired) electrons. The van der Waals surface area contributed by atoms with Crippen molar-refractivity contribution in [3.8, 4) is 5.75 Å². The van der Waals surface area contributed by atoms with E-state index in [9.17, 15) is 0 Å². The van der Waals surface area contributed by atoms with Gasteiger partial charge < -0.3 is 14.8 Å². The van der Waals surface area contributed by atoms with Gasteiger partial charge in [0.25, 0.3) is 0 Å². The fourth-order valence-electron chi connectivity index (χ4n) is 4.08. The van der Waals surface area contributed by atoms with Gasteiger partial charge in [0.15, 0.2) is 6.10 Å². The monoisotopic (exact) mass is 337 g/mol. The molecule has 0 amide bonds. The second-order valence-electron chi connectivity index (χ2n) is 7.08. The number of ether oxygens (including phenoxy) is 2. The summed E-state index contributed by atoms with van der Waals surface area (Å²) in [5, 5.41) is 3.44. The summed E-state index contributed by atoms with van der Waals surface area (Å²) in [6.07, 6.45) is 5.16. The number of morpholine rings is 1. The van der Waals surface area contributed by atoms with Crippen LogP contribution in [0.15, 0.2) is 54.6 Å². The van der Waals surface area contributed by atoms with E-state index in [1.165, 1.54) is 36.8 Å². The zero-order chi connectivity index (χ0) is 16.9. The maximum atomic E-state index is 6.62. The van der Waals surface area contributed by atoms with Crippen molar-refractivity contribution >= 4 is 0 Å². The van der Waals surface area contributed by atoms with Crippen LogP contribution in [0.1, 0.15) is 48.8 Å². The van der Waals surface area contributed by atoms with Crippen LogP contribution in [0.2, 0.25) is 0 Å². The molecule has 1 aliphatic heterocycles. The number of para-hydroxylation sites is 1. The predicted octanol–water partition coefficient (Wildman–Crippen LogP) is 4.45. The van der Waals surface area contributed by atoms with Crippen molar-refractivity contribution in [2.45, 2.75) is 43.8 Å². The largest absolute Gasteiger partial charge is 0.483 e. The molecule has 0 bridgehead atoms. The van der Waals surface area contributed by atoms with Crippen LogP contribution < -0.4 is 10.1 Å². The van der Waals surface area contributed by atoms with Crippen LogP contribution in [0.3, 0.4) is 0 Å². The van der Waals surface area contributed by atoms with Gasteiger partial charge in [-0.2, -0.15) is 0 Å². The highest BCUT2D eigenvalue weighted by Gasteiger charge is 2.29. The molecular weight excluding hydrogens is 310 g/mol. The summed E-state index contributed by atoms with van der Waals surface area (Å²) < 4.78 is 12.7. The van der Waals surface area contributed by atoms with E-state index in [0.717, 1.165) is 25.4 Å². The number of nitrogens with one attached hydrogen (secondary N) is 1. The van der Waals surface area contributed by atoms with Gasteiger partial charge in [-0.05, 0) is 36.0 Å². The molecule has 132 valence electrons. The predicted molar refractivity (Wildman–Crippen MR) is 100 cm³/mol. The van der Waals surface area contributed by atoms with Crippen molar-refractivity contribution in [3.05, 3.63) is 65.7 Å². The van der Waals surface area contributed by atoms with Crippen molar-refractivity contribution in [2.75, 3.05) is 19.7 Å². The molecule has 1 saturated carbocycles. The average Bonchev–Trinajstić information content (AvgIpc) is 3.22. The van der Waals surface area contributed by atoms with Crippen LogP contribution in [0, 0.1) is 0 Å². The highest BCUT2D eigenvalue weighted by Crippen LogP contribution is 2.40. The minimum atomic E-state index is -0.0865. The van der Waals surface area contributed by atoms with E-state index < -0.39 is 0 Å². The van der Waals surface area contributed by atoms with Gasteiger partial charge in [0.2, 0.25) is 0 Å². The molecule has 1 N–H and O–H groups in total. The summed E-state index contributed by atoms with van der Waals surface area (Å²) >= 11 is 0. The number of benzene rings is 2. The van der Waals surface area contributed by atoms with E-state index >= 15 is 0 Å². The van der Waals surface area contributed by atoms with Crippen molar-refractivity contribution in [3.63, 3.8) is 0 Å². The molecule has 1 saturated heterocycles. The van der Waals surface area contributed by atoms with Gasteiger partial charge in [-0.15, -0.1) is 0 Å². The van der Waals surface area contributed by atoms with Gasteiger partial charge >= 0.3 is 0 Å². The van der Waals surface area contributed by atoms with Gasteiger partial charge in [-0.3, -0.25) is 0 Å². The fraction of sp³-hybridized carbons (Fsp3) is 0.455. The van der Waals surface area contributed by atoms with Crippen molar-refractivity contribution < 1.29 is 9.47 Å². The molecule has 4 rings (SSSR count). The molecule has 1 unspecified atom stereocenters. The summed E-state index contributed by atoms with van der Waals surface area (Å²) in [7, 11) is 0. The lowest BCUT2D eigenvalue weighted by atomic mass is 9.96. The third-order valence-corrected chi connectivity index (χ3v) is 5.39. The van der Waals surface area contributed by atoms with Gasteiger partial charge in [-0.25, -0.2) is 0 Å². The summed E-state index contributed by atoms with van der Waals surface area (Å²) in [4.78, 5) is 0. The van der Waals surface area contributed by atoms with Crippen molar-refractivity contribution in [2.24, 2.45) is 0 Å². The van der Waals surface area contributed by atoms with E-state index in [1.807, 2.05) is 6.07 Å². The normalized spacial score (nSPS) is 22.6. The lowest BCUT2D eigenvalue weighted by molar-refractivity contribution is -0.0435. The first-order valence-corrected chi connectivity index (χ1v) is 9.54. The first kappa shape index (κ1) is 16.6. The molecule has 0 spiro atoms. The van der Waals surface area contributed by atoms with Crippen LogP contribution in [0.25, 0.3) is 0 Å². The third kappa shape index (κ3) is 3.88.